The van der Waals surface area contributed by atoms with Crippen molar-refractivity contribution in [1.29, 1.82) is 0 Å². The number of nitrogens with one attached hydrogen (secondary N) is 1. The van der Waals surface area contributed by atoms with Crippen LogP contribution in [0.1, 0.15) is 71.4 Å². The first-order valence-corrected chi connectivity index (χ1v) is 9.08. The van der Waals surface area contributed by atoms with Gasteiger partial charge >= 0.3 is 0 Å². The van der Waals surface area contributed by atoms with Crippen LogP contribution < -0.4 is 10.2 Å². The Morgan fingerprint density at radius 3 is 2.48 bits per heavy atom. The molecule has 1 rings (SSSR count). The second-order valence-electron chi connectivity index (χ2n) is 6.91. The number of thiazole rings is 1. The van der Waals surface area contributed by atoms with E-state index >= 15 is 0 Å². The Balaban J connectivity index is 2.85. The molecular formula is C17H33N3S. The first kappa shape index (κ1) is 18.4. The van der Waals surface area contributed by atoms with E-state index in [0.29, 0.717) is 6.04 Å². The summed E-state index contributed by atoms with van der Waals surface area (Å²) in [4.78, 5) is 8.69. The van der Waals surface area contributed by atoms with E-state index in [1.54, 1.807) is 0 Å². The molecule has 3 nitrogen and oxygen atoms in total. The Bertz CT molecular complexity index is 420. The van der Waals surface area contributed by atoms with Gasteiger partial charge in [-0.1, -0.05) is 20.3 Å². The monoisotopic (exact) mass is 311 g/mol. The Morgan fingerprint density at radius 1 is 1.29 bits per heavy atom. The summed E-state index contributed by atoms with van der Waals surface area (Å²) in [5.41, 5.74) is 1.33. The minimum atomic E-state index is 0.148. The molecule has 21 heavy (non-hydrogen) atoms. The van der Waals surface area contributed by atoms with E-state index in [2.05, 4.69) is 58.7 Å². The highest BCUT2D eigenvalue weighted by molar-refractivity contribution is 7.15. The van der Waals surface area contributed by atoms with Crippen LogP contribution in [0, 0.1) is 6.92 Å². The Kier molecular flexibility index (Phi) is 7.14. The molecule has 1 unspecified atom stereocenters. The van der Waals surface area contributed by atoms with Crippen LogP contribution in [0.4, 0.5) is 5.13 Å². The fourth-order valence-corrected chi connectivity index (χ4v) is 3.23. The smallest absolute Gasteiger partial charge is 0.186 e. The number of rotatable bonds is 8. The van der Waals surface area contributed by atoms with E-state index < -0.39 is 0 Å². The third-order valence-corrected chi connectivity index (χ3v) is 4.98. The summed E-state index contributed by atoms with van der Waals surface area (Å²) in [7, 11) is 0. The van der Waals surface area contributed by atoms with E-state index in [9.17, 15) is 0 Å². The largest absolute Gasteiger partial charge is 0.345 e. The Labute approximate surface area is 135 Å². The number of aromatic nitrogens is 1. The topological polar surface area (TPSA) is 28.2 Å². The molecule has 0 spiro atoms. The third kappa shape index (κ3) is 5.95. The normalized spacial score (nSPS) is 13.5. The van der Waals surface area contributed by atoms with Crippen LogP contribution in [-0.4, -0.2) is 23.1 Å². The molecule has 0 radical (unpaired) electrons. The van der Waals surface area contributed by atoms with Crippen molar-refractivity contribution in [2.24, 2.45) is 0 Å². The van der Waals surface area contributed by atoms with Gasteiger partial charge in [-0.25, -0.2) is 4.98 Å². The lowest BCUT2D eigenvalue weighted by molar-refractivity contribution is 0.425. The van der Waals surface area contributed by atoms with Crippen LogP contribution in [0.25, 0.3) is 0 Å². The van der Waals surface area contributed by atoms with Gasteiger partial charge in [0, 0.05) is 29.5 Å². The number of hydrogen-bond acceptors (Lipinski definition) is 4. The zero-order valence-corrected chi connectivity index (χ0v) is 15.7. The lowest BCUT2D eigenvalue weighted by Gasteiger charge is -2.28. The predicted octanol–water partition coefficient (Wildman–Crippen LogP) is 4.74. The number of hydrogen-bond donors (Lipinski definition) is 1. The zero-order chi connectivity index (χ0) is 16.0. The third-order valence-electron chi connectivity index (χ3n) is 3.78. The van der Waals surface area contributed by atoms with Crippen LogP contribution >= 0.6 is 11.3 Å². The average molecular weight is 312 g/mol. The van der Waals surface area contributed by atoms with Crippen LogP contribution in [0.5, 0.6) is 0 Å². The van der Waals surface area contributed by atoms with Crippen LogP contribution in [-0.2, 0) is 6.54 Å². The lowest BCUT2D eigenvalue weighted by Crippen LogP contribution is -2.35. The van der Waals surface area contributed by atoms with Crippen LogP contribution in [0.15, 0.2) is 0 Å². The molecule has 122 valence electrons. The molecule has 1 aromatic rings. The first-order valence-electron chi connectivity index (χ1n) is 8.26. The summed E-state index contributed by atoms with van der Waals surface area (Å²) in [5, 5.41) is 4.76. The summed E-state index contributed by atoms with van der Waals surface area (Å²) < 4.78 is 0. The SMILES string of the molecule is CCCCN(c1nc(C)c(CNC(C)(C)C)s1)C(C)CC. The maximum atomic E-state index is 4.84. The van der Waals surface area contributed by atoms with Gasteiger partial charge in [0.05, 0.1) is 5.69 Å². The van der Waals surface area contributed by atoms with Crippen molar-refractivity contribution in [3.63, 3.8) is 0 Å². The van der Waals surface area contributed by atoms with Gasteiger partial charge in [0.1, 0.15) is 0 Å². The molecule has 1 aromatic heterocycles. The van der Waals surface area contributed by atoms with Gasteiger partial charge in [-0.05, 0) is 47.5 Å². The van der Waals surface area contributed by atoms with Crippen molar-refractivity contribution in [2.75, 3.05) is 11.4 Å². The van der Waals surface area contributed by atoms with E-state index in [1.807, 2.05) is 11.3 Å². The van der Waals surface area contributed by atoms with Gasteiger partial charge in [-0.15, -0.1) is 11.3 Å². The lowest BCUT2D eigenvalue weighted by atomic mass is 10.1. The van der Waals surface area contributed by atoms with Crippen molar-refractivity contribution in [3.05, 3.63) is 10.6 Å². The van der Waals surface area contributed by atoms with Crippen molar-refractivity contribution >= 4 is 16.5 Å². The molecule has 0 aliphatic carbocycles. The van der Waals surface area contributed by atoms with E-state index in [4.69, 9.17) is 4.98 Å². The molecule has 0 saturated heterocycles. The molecule has 0 amide bonds. The average Bonchev–Trinajstić information content (AvgIpc) is 2.77. The maximum Gasteiger partial charge on any atom is 0.186 e. The van der Waals surface area contributed by atoms with Crippen molar-refractivity contribution < 1.29 is 0 Å². The summed E-state index contributed by atoms with van der Waals surface area (Å²) in [6.45, 7) is 17.6. The summed E-state index contributed by atoms with van der Waals surface area (Å²) in [5.74, 6) is 0. The molecule has 0 aliphatic heterocycles. The highest BCUT2D eigenvalue weighted by atomic mass is 32.1. The van der Waals surface area contributed by atoms with Crippen molar-refractivity contribution in [2.45, 2.75) is 85.9 Å². The number of anilines is 1. The van der Waals surface area contributed by atoms with E-state index in [1.165, 1.54) is 28.5 Å². The molecule has 1 heterocycles. The molecule has 4 heteroatoms. The molecule has 1 atom stereocenters. The second-order valence-corrected chi connectivity index (χ2v) is 7.97. The Hall–Kier alpha value is -0.610. The minimum absolute atomic E-state index is 0.148. The summed E-state index contributed by atoms with van der Waals surface area (Å²) in [6.07, 6.45) is 3.63. The molecule has 0 aromatic carbocycles. The maximum absolute atomic E-state index is 4.84. The zero-order valence-electron chi connectivity index (χ0n) is 14.9. The molecule has 0 bridgehead atoms. The highest BCUT2D eigenvalue weighted by Crippen LogP contribution is 2.28. The summed E-state index contributed by atoms with van der Waals surface area (Å²) >= 11 is 1.85. The first-order chi connectivity index (χ1) is 9.78. The molecule has 0 aliphatic rings. The fraction of sp³-hybridized carbons (Fsp3) is 0.824. The number of aryl methyl sites for hydroxylation is 1. The van der Waals surface area contributed by atoms with Gasteiger partial charge < -0.3 is 10.2 Å². The van der Waals surface area contributed by atoms with Gasteiger partial charge in [0.25, 0.3) is 0 Å². The van der Waals surface area contributed by atoms with Crippen LogP contribution in [0.3, 0.4) is 0 Å². The molecular weight excluding hydrogens is 278 g/mol. The van der Waals surface area contributed by atoms with Crippen molar-refractivity contribution in [1.82, 2.24) is 10.3 Å². The predicted molar refractivity (Wildman–Crippen MR) is 95.5 cm³/mol. The molecule has 0 fully saturated rings. The van der Waals surface area contributed by atoms with Crippen LogP contribution in [0.2, 0.25) is 0 Å². The van der Waals surface area contributed by atoms with Gasteiger partial charge in [0.2, 0.25) is 0 Å². The number of nitrogens with zero attached hydrogens (tertiary/aromatic N) is 2. The van der Waals surface area contributed by atoms with E-state index in [-0.39, 0.29) is 5.54 Å². The Morgan fingerprint density at radius 2 is 1.95 bits per heavy atom. The standard InChI is InChI=1S/C17H33N3S/c1-8-10-11-20(13(3)9-2)16-19-14(4)15(21-16)12-18-17(5,6)7/h13,18H,8-12H2,1-7H3. The quantitative estimate of drug-likeness (QED) is 0.751. The molecule has 0 saturated carbocycles. The highest BCUT2D eigenvalue weighted by Gasteiger charge is 2.19. The van der Waals surface area contributed by atoms with Gasteiger partial charge in [-0.3, -0.25) is 0 Å². The van der Waals surface area contributed by atoms with E-state index in [0.717, 1.165) is 19.5 Å². The van der Waals surface area contributed by atoms with Crippen molar-refractivity contribution in [3.8, 4) is 0 Å². The fourth-order valence-electron chi connectivity index (χ4n) is 2.10. The second kappa shape index (κ2) is 8.14. The minimum Gasteiger partial charge on any atom is -0.345 e. The number of unbranched alkanes of at least 4 members (excludes halogenated alkanes) is 1. The van der Waals surface area contributed by atoms with Gasteiger partial charge in [0.15, 0.2) is 5.13 Å². The van der Waals surface area contributed by atoms with Gasteiger partial charge in [-0.2, -0.15) is 0 Å². The summed E-state index contributed by atoms with van der Waals surface area (Å²) in [6, 6.07) is 0.561. The molecule has 1 N–H and O–H groups in total.